The molecule has 0 spiro atoms. The van der Waals surface area contributed by atoms with Crippen molar-refractivity contribution in [1.82, 2.24) is 29.1 Å². The summed E-state index contributed by atoms with van der Waals surface area (Å²) in [6.07, 6.45) is 4.71. The maximum atomic E-state index is 15.8. The van der Waals surface area contributed by atoms with Gasteiger partial charge in [-0.2, -0.15) is 5.10 Å². The maximum absolute atomic E-state index is 15.8. The summed E-state index contributed by atoms with van der Waals surface area (Å²) in [5, 5.41) is 16.7. The van der Waals surface area contributed by atoms with Crippen LogP contribution in [0.3, 0.4) is 0 Å². The number of nitrogens with one attached hydrogen (secondary N) is 1. The van der Waals surface area contributed by atoms with Crippen molar-refractivity contribution in [2.24, 2.45) is 12.8 Å². The van der Waals surface area contributed by atoms with E-state index in [0.717, 1.165) is 5.69 Å². The number of methoxy groups -OCH3 is 1. The molecule has 1 saturated heterocycles. The number of piperazine rings is 1. The van der Waals surface area contributed by atoms with Crippen LogP contribution in [0.25, 0.3) is 22.4 Å². The van der Waals surface area contributed by atoms with Gasteiger partial charge in [0, 0.05) is 87.7 Å². The number of halogens is 2. The number of rotatable bonds is 17. The largest absolute Gasteiger partial charge is 0.477 e. The highest BCUT2D eigenvalue weighted by atomic mass is 35.5. The van der Waals surface area contributed by atoms with Gasteiger partial charge >= 0.3 is 5.97 Å². The molecule has 3 amide bonds. The molecule has 2 aromatic heterocycles. The lowest BCUT2D eigenvalue weighted by molar-refractivity contribution is -0.902. The quantitative estimate of drug-likeness (QED) is 0.132. The Morgan fingerprint density at radius 1 is 1.00 bits per heavy atom. The summed E-state index contributed by atoms with van der Waals surface area (Å²) in [7, 11) is 5.16. The third-order valence-electron chi connectivity index (χ3n) is 10.6. The number of aliphatic carboxylic acids is 1. The molecule has 4 N–H and O–H groups in total. The molecule has 57 heavy (non-hydrogen) atoms. The van der Waals surface area contributed by atoms with Crippen LogP contribution in [0.15, 0.2) is 42.7 Å². The molecule has 0 aliphatic carbocycles. The number of amides is 3. The number of quaternary nitrogens is 1. The lowest BCUT2D eigenvalue weighted by atomic mass is 9.98. The standard InChI is InChI=1S/C40H51ClFN9O6/c1-26-29(11-12-30(37(26)42)32-23-45-50(27(32)2)18-21-57-5)34-24-44-38(47(34)3)39(55)46-28-9-10-31(33(41)22-28)40(56)49-16-14-48(15-17-49)35(52)8-6-19-51(4,20-7-13-43)25-36(53)54/h9-12,22-24H,6-8,13-21,25,43H2,1-5H3,(H-,46,53,54,55,56)/p+1. The van der Waals surface area contributed by atoms with Crippen molar-refractivity contribution in [3.8, 4) is 22.4 Å². The number of carboxylic acid groups (broad SMARTS) is 1. The molecular formula is C40H52ClFN9O6+. The van der Waals surface area contributed by atoms with E-state index in [1.165, 1.54) is 12.3 Å². The summed E-state index contributed by atoms with van der Waals surface area (Å²) in [6, 6.07) is 8.14. The molecule has 17 heteroatoms. The van der Waals surface area contributed by atoms with E-state index < -0.39 is 17.7 Å². The lowest BCUT2D eigenvalue weighted by Crippen LogP contribution is -2.51. The fourth-order valence-electron chi connectivity index (χ4n) is 7.28. The summed E-state index contributed by atoms with van der Waals surface area (Å²) in [4.78, 5) is 58.9. The van der Waals surface area contributed by atoms with Gasteiger partial charge in [-0.25, -0.2) is 14.2 Å². The van der Waals surface area contributed by atoms with Crippen molar-refractivity contribution in [3.63, 3.8) is 0 Å². The minimum atomic E-state index is -0.886. The monoisotopic (exact) mass is 808 g/mol. The maximum Gasteiger partial charge on any atom is 0.359 e. The second kappa shape index (κ2) is 18.9. The van der Waals surface area contributed by atoms with Gasteiger partial charge < -0.3 is 39.7 Å². The predicted molar refractivity (Wildman–Crippen MR) is 214 cm³/mol. The average Bonchev–Trinajstić information content (AvgIpc) is 3.74. The molecule has 1 aliphatic heterocycles. The number of carboxylic acids is 1. The Kier molecular flexibility index (Phi) is 14.2. The summed E-state index contributed by atoms with van der Waals surface area (Å²) < 4.78 is 24.7. The highest BCUT2D eigenvalue weighted by Crippen LogP contribution is 2.34. The van der Waals surface area contributed by atoms with Gasteiger partial charge in [0.2, 0.25) is 5.91 Å². The number of nitrogens with two attached hydrogens (primary N) is 1. The van der Waals surface area contributed by atoms with Gasteiger partial charge in [-0.1, -0.05) is 23.7 Å². The Morgan fingerprint density at radius 3 is 2.35 bits per heavy atom. The van der Waals surface area contributed by atoms with E-state index in [1.807, 2.05) is 14.0 Å². The van der Waals surface area contributed by atoms with Crippen LogP contribution >= 0.6 is 11.6 Å². The molecule has 0 radical (unpaired) electrons. The van der Waals surface area contributed by atoms with Crippen LogP contribution in [-0.4, -0.2) is 136 Å². The van der Waals surface area contributed by atoms with Crippen LogP contribution in [0.1, 0.15) is 51.5 Å². The van der Waals surface area contributed by atoms with E-state index in [0.29, 0.717) is 110 Å². The average molecular weight is 809 g/mol. The minimum Gasteiger partial charge on any atom is -0.477 e. The van der Waals surface area contributed by atoms with E-state index in [-0.39, 0.29) is 41.2 Å². The van der Waals surface area contributed by atoms with E-state index in [4.69, 9.17) is 22.1 Å². The third kappa shape index (κ3) is 10.1. The van der Waals surface area contributed by atoms with E-state index in [1.54, 1.807) is 70.6 Å². The Morgan fingerprint density at radius 2 is 1.68 bits per heavy atom. The number of hydrogen-bond donors (Lipinski definition) is 3. The highest BCUT2D eigenvalue weighted by molar-refractivity contribution is 6.34. The molecule has 1 fully saturated rings. The van der Waals surface area contributed by atoms with E-state index >= 15 is 4.39 Å². The Balaban J connectivity index is 1.17. The fourth-order valence-corrected chi connectivity index (χ4v) is 7.54. The summed E-state index contributed by atoms with van der Waals surface area (Å²) in [5.74, 6) is -2.03. The zero-order valence-corrected chi connectivity index (χ0v) is 33.9. The number of ether oxygens (including phenoxy) is 1. The molecule has 15 nitrogen and oxygen atoms in total. The third-order valence-corrected chi connectivity index (χ3v) is 11.0. The van der Waals surface area contributed by atoms with E-state index in [9.17, 15) is 24.3 Å². The molecule has 3 heterocycles. The Labute approximate surface area is 336 Å². The van der Waals surface area contributed by atoms with Gasteiger partial charge in [0.1, 0.15) is 5.82 Å². The number of imidazole rings is 1. The number of nitrogens with zero attached hydrogens (tertiary/aromatic N) is 7. The van der Waals surface area contributed by atoms with Crippen molar-refractivity contribution in [3.05, 3.63) is 76.2 Å². The molecule has 1 unspecified atom stereocenters. The molecule has 1 atom stereocenters. The zero-order valence-electron chi connectivity index (χ0n) is 33.2. The summed E-state index contributed by atoms with van der Waals surface area (Å²) in [5.41, 5.74) is 9.72. The van der Waals surface area contributed by atoms with Crippen LogP contribution in [0.5, 0.6) is 0 Å². The van der Waals surface area contributed by atoms with Gasteiger partial charge in [0.15, 0.2) is 12.4 Å². The van der Waals surface area contributed by atoms with Crippen LogP contribution < -0.4 is 11.1 Å². The van der Waals surface area contributed by atoms with E-state index in [2.05, 4.69) is 15.4 Å². The molecular weight excluding hydrogens is 757 g/mol. The first kappa shape index (κ1) is 43.0. The smallest absolute Gasteiger partial charge is 0.359 e. The molecule has 306 valence electrons. The number of anilines is 1. The van der Waals surface area contributed by atoms with Crippen molar-refractivity contribution < 1.29 is 37.9 Å². The molecule has 0 bridgehead atoms. The first-order chi connectivity index (χ1) is 27.2. The highest BCUT2D eigenvalue weighted by Gasteiger charge is 2.29. The van der Waals surface area contributed by atoms with Crippen LogP contribution in [0, 0.1) is 19.7 Å². The van der Waals surface area contributed by atoms with Crippen molar-refractivity contribution in [2.45, 2.75) is 39.7 Å². The number of carbonyl (C=O) groups excluding carboxylic acids is 3. The first-order valence-electron chi connectivity index (χ1n) is 18.9. The number of hydrogen-bond acceptors (Lipinski definition) is 8. The van der Waals surface area contributed by atoms with Crippen LogP contribution in [-0.2, 0) is 27.9 Å². The lowest BCUT2D eigenvalue weighted by Gasteiger charge is -2.36. The topological polar surface area (TPSA) is 178 Å². The van der Waals surface area contributed by atoms with Gasteiger partial charge in [0.05, 0.1) is 62.0 Å². The van der Waals surface area contributed by atoms with Crippen LogP contribution in [0.2, 0.25) is 5.02 Å². The number of likely N-dealkylation sites (N-methyl/N-ethyl adjacent to an activating group) is 1. The van der Waals surface area contributed by atoms with Gasteiger partial charge in [-0.3, -0.25) is 19.1 Å². The van der Waals surface area contributed by atoms with Gasteiger partial charge in [-0.15, -0.1) is 0 Å². The SMILES string of the molecule is COCCn1ncc(-c2ccc(-c3cnc(C(=O)Nc4ccc(C(=O)N5CCN(C(=O)CCC[N+](C)(CCCN)CC(=O)O)CC5)c(Cl)c4)n3C)c(C)c2F)c1C. The van der Waals surface area contributed by atoms with Gasteiger partial charge in [0.25, 0.3) is 11.8 Å². The summed E-state index contributed by atoms with van der Waals surface area (Å²) in [6.45, 7) is 7.63. The number of aromatic nitrogens is 4. The van der Waals surface area contributed by atoms with Gasteiger partial charge in [-0.05, 0) is 44.2 Å². The number of carbonyl (C=O) groups is 4. The molecule has 5 rings (SSSR count). The number of benzene rings is 2. The van der Waals surface area contributed by atoms with Crippen LogP contribution in [0.4, 0.5) is 10.1 Å². The van der Waals surface area contributed by atoms with Crippen molar-refractivity contribution in [1.29, 1.82) is 0 Å². The van der Waals surface area contributed by atoms with Crippen molar-refractivity contribution in [2.75, 3.05) is 78.4 Å². The molecule has 2 aromatic carbocycles. The zero-order chi connectivity index (χ0) is 41.4. The molecule has 0 saturated carbocycles. The molecule has 1 aliphatic rings. The second-order valence-corrected chi connectivity index (χ2v) is 15.1. The second-order valence-electron chi connectivity index (χ2n) is 14.7. The minimum absolute atomic E-state index is 0.0271. The fraction of sp³-hybridized carbons (Fsp3) is 0.450. The van der Waals surface area contributed by atoms with Crippen molar-refractivity contribution >= 4 is 41.0 Å². The predicted octanol–water partition coefficient (Wildman–Crippen LogP) is 4.20. The first-order valence-corrected chi connectivity index (χ1v) is 19.3. The Hall–Kier alpha value is -5.16. The normalized spacial score (nSPS) is 14.1. The Bertz CT molecular complexity index is 2110. The summed E-state index contributed by atoms with van der Waals surface area (Å²) >= 11 is 6.57. The molecule has 4 aromatic rings.